The number of aryl methyl sites for hydroxylation is 1. The summed E-state index contributed by atoms with van der Waals surface area (Å²) in [5, 5.41) is 37.8. The molecule has 0 spiro atoms. The highest BCUT2D eigenvalue weighted by Crippen LogP contribution is 2.34. The Morgan fingerprint density at radius 2 is 1.78 bits per heavy atom. The Bertz CT molecular complexity index is 1310. The average Bonchev–Trinajstić information content (AvgIpc) is 3.04. The maximum absolute atomic E-state index is 13.1. The number of allylic oxidation sites excluding steroid dienone is 5. The summed E-state index contributed by atoms with van der Waals surface area (Å²) < 4.78 is 11.3. The van der Waals surface area contributed by atoms with E-state index in [0.29, 0.717) is 30.4 Å². The smallest absolute Gasteiger partial charge is 0.328 e. The van der Waals surface area contributed by atoms with Crippen LogP contribution in [0.15, 0.2) is 60.2 Å². The van der Waals surface area contributed by atoms with Gasteiger partial charge in [-0.3, -0.25) is 9.59 Å². The van der Waals surface area contributed by atoms with Gasteiger partial charge in [-0.15, -0.1) is 0 Å². The number of carbonyl (C=O) groups excluding carboxylic acids is 3. The number of rotatable bonds is 5. The molecular formula is C36H50N2O8. The summed E-state index contributed by atoms with van der Waals surface area (Å²) in [5.74, 6) is -1.90. The highest BCUT2D eigenvalue weighted by Gasteiger charge is 2.31. The molecule has 10 heteroatoms. The minimum Gasteiger partial charge on any atom is -0.508 e. The summed E-state index contributed by atoms with van der Waals surface area (Å²) >= 11 is 0. The molecule has 5 atom stereocenters. The summed E-state index contributed by atoms with van der Waals surface area (Å²) in [6.07, 6.45) is 16.2. The summed E-state index contributed by atoms with van der Waals surface area (Å²) in [7, 11) is 1.49. The summed E-state index contributed by atoms with van der Waals surface area (Å²) in [5.41, 5.74) is 1.19. The highest BCUT2D eigenvalue weighted by atomic mass is 16.5. The fraction of sp³-hybridized carbons (Fsp3) is 0.528. The number of esters is 1. The maximum Gasteiger partial charge on any atom is 0.328 e. The molecule has 1 heterocycles. The second-order valence-corrected chi connectivity index (χ2v) is 12.3. The van der Waals surface area contributed by atoms with Gasteiger partial charge in [0.2, 0.25) is 11.8 Å². The molecule has 2 aliphatic rings. The lowest BCUT2D eigenvalue weighted by Gasteiger charge is -2.29. The van der Waals surface area contributed by atoms with Crippen LogP contribution in [0, 0.1) is 11.8 Å². The molecule has 2 amide bonds. The Morgan fingerprint density at radius 1 is 1.07 bits per heavy atom. The zero-order valence-electron chi connectivity index (χ0n) is 27.4. The molecule has 1 fully saturated rings. The molecule has 1 aliphatic heterocycles. The highest BCUT2D eigenvalue weighted by molar-refractivity contribution is 5.93. The molecule has 3 rings (SSSR count). The van der Waals surface area contributed by atoms with E-state index in [2.05, 4.69) is 10.6 Å². The number of phenols is 2. The number of aliphatic hydroxyl groups excluding tert-OH is 1. The molecular weight excluding hydrogens is 588 g/mol. The molecule has 1 aromatic carbocycles. The van der Waals surface area contributed by atoms with Crippen LogP contribution in [0.3, 0.4) is 0 Å². The Balaban J connectivity index is 1.82. The number of nitrogens with one attached hydrogen (secondary N) is 2. The Hall–Kier alpha value is -3.89. The van der Waals surface area contributed by atoms with Gasteiger partial charge in [-0.25, -0.2) is 4.79 Å². The quantitative estimate of drug-likeness (QED) is 0.125. The molecule has 0 radical (unpaired) electrons. The van der Waals surface area contributed by atoms with E-state index in [1.807, 2.05) is 19.1 Å². The number of aliphatic hydroxyl groups is 1. The minimum absolute atomic E-state index is 0.00853. The third-order valence-corrected chi connectivity index (χ3v) is 8.69. The van der Waals surface area contributed by atoms with Crippen molar-refractivity contribution < 1.29 is 39.2 Å². The normalized spacial score (nSPS) is 24.6. The summed E-state index contributed by atoms with van der Waals surface area (Å²) in [6.45, 7) is 5.22. The van der Waals surface area contributed by atoms with Crippen LogP contribution in [-0.2, 0) is 30.3 Å². The van der Waals surface area contributed by atoms with Gasteiger partial charge in [0.1, 0.15) is 23.6 Å². The molecule has 5 N–H and O–H groups in total. The second-order valence-electron chi connectivity index (χ2n) is 12.3. The lowest BCUT2D eigenvalue weighted by molar-refractivity contribution is -0.156. The molecule has 10 nitrogen and oxygen atoms in total. The first kappa shape index (κ1) is 36.6. The van der Waals surface area contributed by atoms with Crippen molar-refractivity contribution in [1.29, 1.82) is 0 Å². The average molecular weight is 639 g/mol. The maximum atomic E-state index is 13.1. The lowest BCUT2D eigenvalue weighted by Crippen LogP contribution is -2.45. The number of phenolic OH excluding ortho intramolecular Hbond substituents is 2. The Morgan fingerprint density at radius 3 is 2.50 bits per heavy atom. The number of carbonyl (C=O) groups is 3. The molecule has 46 heavy (non-hydrogen) atoms. The van der Waals surface area contributed by atoms with Crippen LogP contribution in [0.4, 0.5) is 5.69 Å². The van der Waals surface area contributed by atoms with E-state index in [1.54, 1.807) is 44.2 Å². The molecule has 2 bridgehead atoms. The van der Waals surface area contributed by atoms with Crippen molar-refractivity contribution >= 4 is 23.5 Å². The predicted octanol–water partition coefficient (Wildman–Crippen LogP) is 5.39. The van der Waals surface area contributed by atoms with Crippen molar-refractivity contribution in [2.75, 3.05) is 12.4 Å². The van der Waals surface area contributed by atoms with Crippen LogP contribution >= 0.6 is 0 Å². The third kappa shape index (κ3) is 11.2. The standard InChI is InChI=1S/C36H50N2O8/c1-23-14-13-17-27-20-28(39)21-30(34(27)42)38-32(40)22-29(45-4)18-11-6-5-7-12-19-31(24(2)33(23)41)46-36(44)25(3)37-35(43)26-15-9-8-10-16-26/h5-7,11-12,14,18,20-21,24-26,29,31,33,39,41-42H,8-10,13,15-17,19,22H2,1-4H3,(H,37,43)(H,38,40)/t24-,25+,29-,31-,33-/m0/s1. The van der Waals surface area contributed by atoms with Gasteiger partial charge in [0.05, 0.1) is 24.3 Å². The van der Waals surface area contributed by atoms with Gasteiger partial charge in [-0.05, 0) is 56.7 Å². The molecule has 252 valence electrons. The van der Waals surface area contributed by atoms with E-state index < -0.39 is 42.1 Å². The van der Waals surface area contributed by atoms with Crippen LogP contribution in [0.5, 0.6) is 11.5 Å². The second kappa shape index (κ2) is 18.3. The van der Waals surface area contributed by atoms with E-state index in [1.165, 1.54) is 19.2 Å². The first-order valence-electron chi connectivity index (χ1n) is 16.2. The number of benzene rings is 1. The van der Waals surface area contributed by atoms with Crippen LogP contribution < -0.4 is 10.6 Å². The first-order valence-corrected chi connectivity index (χ1v) is 16.2. The topological polar surface area (TPSA) is 154 Å². The molecule has 0 unspecified atom stereocenters. The van der Waals surface area contributed by atoms with Gasteiger partial charge >= 0.3 is 5.97 Å². The zero-order valence-corrected chi connectivity index (χ0v) is 27.4. The van der Waals surface area contributed by atoms with E-state index in [0.717, 1.165) is 32.1 Å². The molecule has 1 saturated carbocycles. The first-order chi connectivity index (χ1) is 22.0. The SMILES string of the molecule is CO[C@H]1C=CC=CC=CC[C@H](OC(=O)[C@@H](C)NC(=O)C2CCCCC2)[C@H](C)[C@@H](O)C(C)=CCCc2cc(O)cc(c2O)NC(=O)C1. The largest absolute Gasteiger partial charge is 0.508 e. The molecule has 1 aliphatic carbocycles. The number of methoxy groups -OCH3 is 1. The zero-order chi connectivity index (χ0) is 33.6. The number of fused-ring (bicyclic) bond motifs is 2. The fourth-order valence-electron chi connectivity index (χ4n) is 5.76. The van der Waals surface area contributed by atoms with Gasteiger partial charge in [0, 0.05) is 31.4 Å². The van der Waals surface area contributed by atoms with Gasteiger partial charge in [-0.1, -0.05) is 68.7 Å². The van der Waals surface area contributed by atoms with E-state index >= 15 is 0 Å². The van der Waals surface area contributed by atoms with Crippen LogP contribution in [0.2, 0.25) is 0 Å². The number of ether oxygens (including phenoxy) is 2. The van der Waals surface area contributed by atoms with E-state index in [-0.39, 0.29) is 35.4 Å². The summed E-state index contributed by atoms with van der Waals surface area (Å²) in [6, 6.07) is 1.89. The third-order valence-electron chi connectivity index (χ3n) is 8.69. The van der Waals surface area contributed by atoms with Crippen molar-refractivity contribution in [2.24, 2.45) is 11.8 Å². The van der Waals surface area contributed by atoms with Crippen molar-refractivity contribution in [1.82, 2.24) is 5.32 Å². The molecule has 0 aromatic heterocycles. The number of amides is 2. The monoisotopic (exact) mass is 638 g/mol. The fourth-order valence-corrected chi connectivity index (χ4v) is 5.76. The van der Waals surface area contributed by atoms with Gasteiger partial charge in [0.25, 0.3) is 0 Å². The van der Waals surface area contributed by atoms with Crippen LogP contribution in [0.1, 0.15) is 77.7 Å². The van der Waals surface area contributed by atoms with Gasteiger partial charge in [-0.2, -0.15) is 0 Å². The van der Waals surface area contributed by atoms with E-state index in [4.69, 9.17) is 9.47 Å². The van der Waals surface area contributed by atoms with Crippen LogP contribution in [0.25, 0.3) is 0 Å². The number of anilines is 1. The number of hydrogen-bond donors (Lipinski definition) is 5. The Kier molecular flexibility index (Phi) is 14.6. The lowest BCUT2D eigenvalue weighted by atomic mass is 9.88. The van der Waals surface area contributed by atoms with E-state index in [9.17, 15) is 29.7 Å². The van der Waals surface area contributed by atoms with Gasteiger partial charge in [0.15, 0.2) is 0 Å². The van der Waals surface area contributed by atoms with Crippen molar-refractivity contribution in [3.05, 3.63) is 65.8 Å². The summed E-state index contributed by atoms with van der Waals surface area (Å²) in [4.78, 5) is 38.6. The number of aromatic hydroxyl groups is 2. The minimum atomic E-state index is -0.940. The van der Waals surface area contributed by atoms with Crippen molar-refractivity contribution in [3.8, 4) is 11.5 Å². The predicted molar refractivity (Wildman–Crippen MR) is 177 cm³/mol. The molecule has 1 aromatic rings. The van der Waals surface area contributed by atoms with Crippen molar-refractivity contribution in [3.63, 3.8) is 0 Å². The molecule has 0 saturated heterocycles. The van der Waals surface area contributed by atoms with Crippen LogP contribution in [-0.4, -0.2) is 64.6 Å². The number of hydrogen-bond acceptors (Lipinski definition) is 8. The van der Waals surface area contributed by atoms with Gasteiger partial charge < -0.3 is 35.4 Å². The van der Waals surface area contributed by atoms with Crippen molar-refractivity contribution in [2.45, 2.75) is 103 Å². The Labute approximate surface area is 272 Å².